The number of rotatable bonds is 2. The molecule has 0 spiro atoms. The zero-order valence-electron chi connectivity index (χ0n) is 8.71. The summed E-state index contributed by atoms with van der Waals surface area (Å²) in [5.41, 5.74) is 0. The predicted octanol–water partition coefficient (Wildman–Crippen LogP) is 3.45. The summed E-state index contributed by atoms with van der Waals surface area (Å²) in [5.74, 6) is 2.44. The summed E-state index contributed by atoms with van der Waals surface area (Å²) >= 11 is 5.64. The molecule has 0 aliphatic heterocycles. The van der Waals surface area contributed by atoms with Crippen LogP contribution in [0.5, 0.6) is 0 Å². The maximum absolute atomic E-state index is 5.64. The van der Waals surface area contributed by atoms with Gasteiger partial charge in [0, 0.05) is 0 Å². The lowest BCUT2D eigenvalue weighted by atomic mass is 9.95. The minimum absolute atomic E-state index is 0.761. The maximum Gasteiger partial charge on any atom is 0.0866 e. The van der Waals surface area contributed by atoms with Gasteiger partial charge in [0.15, 0.2) is 0 Å². The molecular formula is C11H18SSi. The molecule has 2 rings (SSSR count). The number of hydrogen-bond acceptors (Lipinski definition) is 1. The second kappa shape index (κ2) is 3.02. The zero-order valence-corrected chi connectivity index (χ0v) is 10.5. The standard InChI is InChI=1S/C11H18SSi/c1-13(2,3)11(12)10-7-8-4-5-9(10)6-8/h4-5,8-10H,6-7H2,1-3H3. The van der Waals surface area contributed by atoms with Gasteiger partial charge in [0.1, 0.15) is 0 Å². The van der Waals surface area contributed by atoms with Crippen LogP contribution in [-0.2, 0) is 0 Å². The molecular weight excluding hydrogens is 192 g/mol. The average Bonchev–Trinajstić information content (AvgIpc) is 2.60. The van der Waals surface area contributed by atoms with Crippen LogP contribution in [0.25, 0.3) is 0 Å². The predicted molar refractivity (Wildman–Crippen MR) is 64.8 cm³/mol. The first-order valence-electron chi connectivity index (χ1n) is 5.21. The van der Waals surface area contributed by atoms with Gasteiger partial charge in [0.25, 0.3) is 0 Å². The Labute approximate surface area is 87.4 Å². The minimum atomic E-state index is -1.17. The molecule has 0 N–H and O–H groups in total. The molecule has 3 atom stereocenters. The van der Waals surface area contributed by atoms with Crippen LogP contribution in [0.1, 0.15) is 12.8 Å². The summed E-state index contributed by atoms with van der Waals surface area (Å²) in [6.45, 7) is 7.14. The molecule has 0 radical (unpaired) electrons. The Balaban J connectivity index is 2.12. The van der Waals surface area contributed by atoms with Gasteiger partial charge in [0.2, 0.25) is 0 Å². The molecule has 0 aromatic heterocycles. The van der Waals surface area contributed by atoms with Crippen molar-refractivity contribution in [2.75, 3.05) is 0 Å². The van der Waals surface area contributed by atoms with Crippen LogP contribution < -0.4 is 0 Å². The van der Waals surface area contributed by atoms with E-state index in [-0.39, 0.29) is 0 Å². The van der Waals surface area contributed by atoms with Gasteiger partial charge in [-0.15, -0.1) is 0 Å². The van der Waals surface area contributed by atoms with Crippen molar-refractivity contribution in [1.82, 2.24) is 0 Å². The molecule has 0 aromatic rings. The topological polar surface area (TPSA) is 0 Å². The monoisotopic (exact) mass is 210 g/mol. The second-order valence-electron chi connectivity index (χ2n) is 5.50. The highest BCUT2D eigenvalue weighted by molar-refractivity contribution is 7.85. The number of hydrogen-bond donors (Lipinski definition) is 0. The third-order valence-corrected chi connectivity index (χ3v) is 7.34. The third-order valence-electron chi connectivity index (χ3n) is 3.35. The summed E-state index contributed by atoms with van der Waals surface area (Å²) < 4.78 is 1.43. The van der Waals surface area contributed by atoms with E-state index in [2.05, 4.69) is 31.8 Å². The highest BCUT2D eigenvalue weighted by Crippen LogP contribution is 2.45. The van der Waals surface area contributed by atoms with Crippen molar-refractivity contribution >= 4 is 24.8 Å². The van der Waals surface area contributed by atoms with Crippen molar-refractivity contribution in [1.29, 1.82) is 0 Å². The molecule has 1 saturated carbocycles. The number of thiocarbonyl (C=S) groups is 1. The lowest BCUT2D eigenvalue weighted by Crippen LogP contribution is -2.38. The van der Waals surface area contributed by atoms with Crippen LogP contribution >= 0.6 is 12.2 Å². The molecule has 2 bridgehead atoms. The van der Waals surface area contributed by atoms with E-state index in [0.717, 1.165) is 17.8 Å². The Morgan fingerprint density at radius 3 is 2.31 bits per heavy atom. The van der Waals surface area contributed by atoms with E-state index in [0.29, 0.717) is 0 Å². The van der Waals surface area contributed by atoms with E-state index in [1.165, 1.54) is 17.3 Å². The van der Waals surface area contributed by atoms with E-state index < -0.39 is 8.07 Å². The summed E-state index contributed by atoms with van der Waals surface area (Å²) in [5, 5.41) is 0. The fourth-order valence-corrected chi connectivity index (χ4v) is 4.35. The smallest absolute Gasteiger partial charge is 0.0866 e. The summed E-state index contributed by atoms with van der Waals surface area (Å²) in [6, 6.07) is 0. The summed E-state index contributed by atoms with van der Waals surface area (Å²) in [6.07, 6.45) is 7.54. The molecule has 0 heterocycles. The van der Waals surface area contributed by atoms with Crippen molar-refractivity contribution in [2.24, 2.45) is 17.8 Å². The Kier molecular flexibility index (Phi) is 2.23. The molecule has 2 heteroatoms. The van der Waals surface area contributed by atoms with Crippen LogP contribution in [0.2, 0.25) is 19.6 Å². The molecule has 2 aliphatic carbocycles. The zero-order chi connectivity index (χ0) is 9.64. The molecule has 1 fully saturated rings. The van der Waals surface area contributed by atoms with Gasteiger partial charge in [-0.2, -0.15) is 0 Å². The third kappa shape index (κ3) is 1.66. The molecule has 0 aromatic carbocycles. The lowest BCUT2D eigenvalue weighted by Gasteiger charge is -2.27. The fourth-order valence-electron chi connectivity index (χ4n) is 2.64. The highest BCUT2D eigenvalue weighted by Gasteiger charge is 2.40. The Bertz CT molecular complexity index is 262. The van der Waals surface area contributed by atoms with Crippen LogP contribution in [0.4, 0.5) is 0 Å². The lowest BCUT2D eigenvalue weighted by molar-refractivity contribution is 0.595. The van der Waals surface area contributed by atoms with Gasteiger partial charge >= 0.3 is 0 Å². The van der Waals surface area contributed by atoms with E-state index in [1.807, 2.05) is 0 Å². The van der Waals surface area contributed by atoms with Crippen LogP contribution in [0.15, 0.2) is 12.2 Å². The van der Waals surface area contributed by atoms with Crippen molar-refractivity contribution < 1.29 is 0 Å². The van der Waals surface area contributed by atoms with Crippen LogP contribution in [-0.4, -0.2) is 12.6 Å². The SMILES string of the molecule is C[Si](C)(C)C(=S)C1CC2C=CC1C2. The summed E-state index contributed by atoms with van der Waals surface area (Å²) in [4.78, 5) is 0. The van der Waals surface area contributed by atoms with Gasteiger partial charge in [-0.25, -0.2) is 0 Å². The Morgan fingerprint density at radius 1 is 1.23 bits per heavy atom. The van der Waals surface area contributed by atoms with Gasteiger partial charge in [-0.1, -0.05) is 44.0 Å². The van der Waals surface area contributed by atoms with Crippen molar-refractivity contribution in [3.8, 4) is 0 Å². The molecule has 0 amide bonds. The van der Waals surface area contributed by atoms with Gasteiger partial charge < -0.3 is 0 Å². The first-order chi connectivity index (χ1) is 5.98. The normalized spacial score (nSPS) is 37.0. The minimum Gasteiger partial charge on any atom is -0.0943 e. The van der Waals surface area contributed by atoms with Crippen molar-refractivity contribution in [3.05, 3.63) is 12.2 Å². The maximum atomic E-state index is 5.64. The quantitative estimate of drug-likeness (QED) is 0.382. The van der Waals surface area contributed by atoms with Crippen LogP contribution in [0, 0.1) is 17.8 Å². The molecule has 13 heavy (non-hydrogen) atoms. The van der Waals surface area contributed by atoms with Crippen molar-refractivity contribution in [2.45, 2.75) is 32.5 Å². The van der Waals surface area contributed by atoms with E-state index in [4.69, 9.17) is 12.2 Å². The summed E-state index contributed by atoms with van der Waals surface area (Å²) in [7, 11) is -1.17. The molecule has 0 nitrogen and oxygen atoms in total. The second-order valence-corrected chi connectivity index (χ2v) is 11.3. The Morgan fingerprint density at radius 2 is 1.92 bits per heavy atom. The molecule has 0 saturated heterocycles. The first kappa shape index (κ1) is 9.60. The highest BCUT2D eigenvalue weighted by atomic mass is 32.1. The van der Waals surface area contributed by atoms with Crippen molar-refractivity contribution in [3.63, 3.8) is 0 Å². The van der Waals surface area contributed by atoms with Gasteiger partial charge in [-0.05, 0) is 35.1 Å². The number of fused-ring (bicyclic) bond motifs is 2. The first-order valence-corrected chi connectivity index (χ1v) is 9.12. The van der Waals surface area contributed by atoms with E-state index in [1.54, 1.807) is 0 Å². The van der Waals surface area contributed by atoms with Gasteiger partial charge in [0.05, 0.1) is 8.07 Å². The molecule has 2 aliphatic rings. The van der Waals surface area contributed by atoms with E-state index >= 15 is 0 Å². The largest absolute Gasteiger partial charge is 0.0943 e. The van der Waals surface area contributed by atoms with Gasteiger partial charge in [-0.3, -0.25) is 0 Å². The molecule has 72 valence electrons. The number of allylic oxidation sites excluding steroid dienone is 2. The average molecular weight is 210 g/mol. The van der Waals surface area contributed by atoms with E-state index in [9.17, 15) is 0 Å². The Hall–Kier alpha value is 0.0469. The molecule has 3 unspecified atom stereocenters. The van der Waals surface area contributed by atoms with Crippen LogP contribution in [0.3, 0.4) is 0 Å². The fraction of sp³-hybridized carbons (Fsp3) is 0.727.